The topological polar surface area (TPSA) is 21.3 Å². The van der Waals surface area contributed by atoms with Gasteiger partial charge in [0.25, 0.3) is 0 Å². The smallest absolute Gasteiger partial charge is 0.124 e. The highest BCUT2D eigenvalue weighted by atomic mass is 35.5. The van der Waals surface area contributed by atoms with Gasteiger partial charge in [0, 0.05) is 22.7 Å². The third-order valence-corrected chi connectivity index (χ3v) is 3.77. The Morgan fingerprint density at radius 1 is 1.05 bits per heavy atom. The van der Waals surface area contributed by atoms with E-state index in [1.165, 1.54) is 11.1 Å². The summed E-state index contributed by atoms with van der Waals surface area (Å²) in [6, 6.07) is 16.5. The number of nitrogens with one attached hydrogen (secondary N) is 1. The summed E-state index contributed by atoms with van der Waals surface area (Å²) < 4.78 is 5.70. The first kappa shape index (κ1) is 15.9. The number of rotatable bonds is 6. The fourth-order valence-corrected chi connectivity index (χ4v) is 2.66. The van der Waals surface area contributed by atoms with Gasteiger partial charge in [0.1, 0.15) is 5.75 Å². The van der Waals surface area contributed by atoms with Crippen molar-refractivity contribution < 1.29 is 4.74 Å². The molecule has 112 valence electrons. The number of benzene rings is 2. The van der Waals surface area contributed by atoms with E-state index in [1.807, 2.05) is 43.3 Å². The molecule has 1 N–H and O–H groups in total. The highest BCUT2D eigenvalue weighted by Gasteiger charge is 2.14. The lowest BCUT2D eigenvalue weighted by Gasteiger charge is -2.22. The summed E-state index contributed by atoms with van der Waals surface area (Å²) in [6.45, 7) is 6.97. The van der Waals surface area contributed by atoms with E-state index in [4.69, 9.17) is 16.3 Å². The van der Waals surface area contributed by atoms with Crippen LogP contribution in [-0.4, -0.2) is 6.61 Å². The van der Waals surface area contributed by atoms with Crippen LogP contribution in [0.3, 0.4) is 0 Å². The van der Waals surface area contributed by atoms with Crippen LogP contribution in [0, 0.1) is 0 Å². The van der Waals surface area contributed by atoms with Gasteiger partial charge < -0.3 is 10.1 Å². The third kappa shape index (κ3) is 4.23. The normalized spacial score (nSPS) is 13.7. The van der Waals surface area contributed by atoms with Gasteiger partial charge >= 0.3 is 0 Å². The molecule has 21 heavy (non-hydrogen) atoms. The van der Waals surface area contributed by atoms with Gasteiger partial charge in [-0.05, 0) is 44.5 Å². The molecule has 0 bridgehead atoms. The van der Waals surface area contributed by atoms with Crippen molar-refractivity contribution in [3.05, 3.63) is 64.7 Å². The second-order valence-electron chi connectivity index (χ2n) is 5.14. The molecule has 2 aromatic rings. The Bertz CT molecular complexity index is 585. The number of ether oxygens (including phenoxy) is 1. The van der Waals surface area contributed by atoms with Crippen LogP contribution in [0.1, 0.15) is 44.0 Å². The molecular formula is C18H22ClNO. The first-order valence-electron chi connectivity index (χ1n) is 7.35. The van der Waals surface area contributed by atoms with E-state index >= 15 is 0 Å². The fourth-order valence-electron chi connectivity index (χ4n) is 2.46. The second kappa shape index (κ2) is 7.48. The van der Waals surface area contributed by atoms with Crippen molar-refractivity contribution in [3.63, 3.8) is 0 Å². The minimum atomic E-state index is 0.196. The molecule has 0 aromatic heterocycles. The highest BCUT2D eigenvalue weighted by molar-refractivity contribution is 6.30. The maximum absolute atomic E-state index is 6.06. The molecule has 2 rings (SSSR count). The van der Waals surface area contributed by atoms with Crippen LogP contribution in [0.5, 0.6) is 5.75 Å². The summed E-state index contributed by atoms with van der Waals surface area (Å²) in [5.74, 6) is 0.943. The molecule has 0 saturated heterocycles. The van der Waals surface area contributed by atoms with E-state index in [-0.39, 0.29) is 12.1 Å². The molecular weight excluding hydrogens is 282 g/mol. The molecule has 0 aliphatic rings. The number of hydrogen-bond donors (Lipinski definition) is 1. The maximum Gasteiger partial charge on any atom is 0.124 e. The second-order valence-corrected chi connectivity index (χ2v) is 5.57. The third-order valence-electron chi connectivity index (χ3n) is 3.53. The molecule has 2 aromatic carbocycles. The molecule has 2 nitrogen and oxygen atoms in total. The van der Waals surface area contributed by atoms with Gasteiger partial charge in [-0.25, -0.2) is 0 Å². The van der Waals surface area contributed by atoms with E-state index in [9.17, 15) is 0 Å². The summed E-state index contributed by atoms with van der Waals surface area (Å²) >= 11 is 6.06. The molecule has 0 amide bonds. The van der Waals surface area contributed by atoms with E-state index < -0.39 is 0 Å². The molecule has 2 atom stereocenters. The van der Waals surface area contributed by atoms with Gasteiger partial charge in [-0.15, -0.1) is 0 Å². The summed E-state index contributed by atoms with van der Waals surface area (Å²) in [4.78, 5) is 0. The van der Waals surface area contributed by atoms with Crippen LogP contribution < -0.4 is 10.1 Å². The monoisotopic (exact) mass is 303 g/mol. The number of halogens is 1. The highest BCUT2D eigenvalue weighted by Crippen LogP contribution is 2.27. The number of hydrogen-bond acceptors (Lipinski definition) is 2. The standard InChI is InChI=1S/C18H22ClNO/c1-4-21-18-11-6-5-10-17(18)14(3)20-13(2)15-8-7-9-16(19)12-15/h5-14,20H,4H2,1-3H3/t13-,14?/m0/s1. The zero-order valence-corrected chi connectivity index (χ0v) is 13.5. The molecule has 0 aliphatic carbocycles. The Morgan fingerprint density at radius 3 is 2.52 bits per heavy atom. The Kier molecular flexibility index (Phi) is 5.66. The average molecular weight is 304 g/mol. The van der Waals surface area contributed by atoms with E-state index in [1.54, 1.807) is 0 Å². The van der Waals surface area contributed by atoms with Crippen molar-refractivity contribution in [1.82, 2.24) is 5.32 Å². The predicted molar refractivity (Wildman–Crippen MR) is 89.0 cm³/mol. The van der Waals surface area contributed by atoms with Crippen LogP contribution in [0.2, 0.25) is 5.02 Å². The Morgan fingerprint density at radius 2 is 1.81 bits per heavy atom. The van der Waals surface area contributed by atoms with E-state index in [0.29, 0.717) is 6.61 Å². The lowest BCUT2D eigenvalue weighted by atomic mass is 10.0. The van der Waals surface area contributed by atoms with Gasteiger partial charge in [-0.1, -0.05) is 41.9 Å². The largest absolute Gasteiger partial charge is 0.494 e. The lowest BCUT2D eigenvalue weighted by Crippen LogP contribution is -2.23. The first-order valence-corrected chi connectivity index (χ1v) is 7.72. The molecule has 3 heteroatoms. The van der Waals surface area contributed by atoms with Gasteiger partial charge in [0.15, 0.2) is 0 Å². The summed E-state index contributed by atoms with van der Waals surface area (Å²) in [7, 11) is 0. The Labute approximate surface area is 132 Å². The lowest BCUT2D eigenvalue weighted by molar-refractivity contribution is 0.331. The summed E-state index contributed by atoms with van der Waals surface area (Å²) in [5, 5.41) is 4.37. The van der Waals surface area contributed by atoms with Crippen LogP contribution in [0.4, 0.5) is 0 Å². The zero-order valence-electron chi connectivity index (χ0n) is 12.8. The summed E-state index contributed by atoms with van der Waals surface area (Å²) in [5.41, 5.74) is 2.36. The molecule has 0 heterocycles. The van der Waals surface area contributed by atoms with Gasteiger partial charge in [0.05, 0.1) is 6.61 Å². The van der Waals surface area contributed by atoms with Crippen molar-refractivity contribution >= 4 is 11.6 Å². The fraction of sp³-hybridized carbons (Fsp3) is 0.333. The van der Waals surface area contributed by atoms with Gasteiger partial charge in [0.2, 0.25) is 0 Å². The summed E-state index contributed by atoms with van der Waals surface area (Å²) in [6.07, 6.45) is 0. The molecule has 0 aliphatic heterocycles. The Hall–Kier alpha value is -1.51. The van der Waals surface area contributed by atoms with Crippen molar-refractivity contribution in [1.29, 1.82) is 0 Å². The maximum atomic E-state index is 6.06. The molecule has 0 fully saturated rings. The van der Waals surface area contributed by atoms with Crippen LogP contribution in [0.15, 0.2) is 48.5 Å². The van der Waals surface area contributed by atoms with Crippen LogP contribution in [-0.2, 0) is 0 Å². The van der Waals surface area contributed by atoms with Gasteiger partial charge in [-0.3, -0.25) is 0 Å². The Balaban J connectivity index is 2.12. The SMILES string of the molecule is CCOc1ccccc1C(C)N[C@@H](C)c1cccc(Cl)c1. The molecule has 0 radical (unpaired) electrons. The average Bonchev–Trinajstić information content (AvgIpc) is 2.48. The number of para-hydroxylation sites is 1. The van der Waals surface area contributed by atoms with Crippen molar-refractivity contribution in [2.24, 2.45) is 0 Å². The predicted octanol–water partition coefficient (Wildman–Crippen LogP) is 5.15. The minimum Gasteiger partial charge on any atom is -0.494 e. The first-order chi connectivity index (χ1) is 10.1. The quantitative estimate of drug-likeness (QED) is 0.796. The van der Waals surface area contributed by atoms with Crippen molar-refractivity contribution in [3.8, 4) is 5.75 Å². The molecule has 1 unspecified atom stereocenters. The zero-order chi connectivity index (χ0) is 15.2. The van der Waals surface area contributed by atoms with Crippen LogP contribution >= 0.6 is 11.6 Å². The molecule has 0 saturated carbocycles. The van der Waals surface area contributed by atoms with E-state index in [2.05, 4.69) is 31.3 Å². The van der Waals surface area contributed by atoms with Gasteiger partial charge in [-0.2, -0.15) is 0 Å². The van der Waals surface area contributed by atoms with Crippen LogP contribution in [0.25, 0.3) is 0 Å². The molecule has 0 spiro atoms. The van der Waals surface area contributed by atoms with Crippen molar-refractivity contribution in [2.45, 2.75) is 32.9 Å². The van der Waals surface area contributed by atoms with Crippen molar-refractivity contribution in [2.75, 3.05) is 6.61 Å². The van der Waals surface area contributed by atoms with E-state index in [0.717, 1.165) is 10.8 Å². The minimum absolute atomic E-state index is 0.196.